The Morgan fingerprint density at radius 3 is 2.52 bits per heavy atom. The van der Waals surface area contributed by atoms with E-state index in [1.54, 1.807) is 30.4 Å². The topological polar surface area (TPSA) is 62.3 Å². The number of nitrogens with one attached hydrogen (secondary N) is 1. The number of hydrogen-bond acceptors (Lipinski definition) is 4. The lowest BCUT2D eigenvalue weighted by Crippen LogP contribution is -2.26. The van der Waals surface area contributed by atoms with Crippen molar-refractivity contribution in [3.8, 4) is 0 Å². The van der Waals surface area contributed by atoms with Crippen LogP contribution in [0.1, 0.15) is 21.5 Å². The molecule has 1 aromatic heterocycles. The molecule has 0 fully saturated rings. The fourth-order valence-electron chi connectivity index (χ4n) is 2.79. The molecule has 0 aliphatic carbocycles. The number of anilines is 1. The van der Waals surface area contributed by atoms with Crippen molar-refractivity contribution in [1.29, 1.82) is 0 Å². The van der Waals surface area contributed by atoms with Gasteiger partial charge >= 0.3 is 0 Å². The Hall–Kier alpha value is -3.12. The van der Waals surface area contributed by atoms with Gasteiger partial charge < -0.3 is 10.2 Å². The number of thioether (sulfide) groups is 1. The molecule has 0 aliphatic rings. The lowest BCUT2D eigenvalue weighted by atomic mass is 10.2. The first-order chi connectivity index (χ1) is 14.0. The quantitative estimate of drug-likeness (QED) is 0.592. The average molecular weight is 406 g/mol. The fraction of sp³-hybridized carbons (Fsp3) is 0.174. The van der Waals surface area contributed by atoms with Crippen molar-refractivity contribution in [3.05, 3.63) is 89.7 Å². The third-order valence-electron chi connectivity index (χ3n) is 4.30. The minimum Gasteiger partial charge on any atom is -0.337 e. The van der Waals surface area contributed by atoms with Crippen molar-refractivity contribution in [2.24, 2.45) is 0 Å². The number of rotatable bonds is 7. The molecule has 0 saturated carbocycles. The largest absolute Gasteiger partial charge is 0.337 e. The molecule has 2 amide bonds. The zero-order valence-electron chi connectivity index (χ0n) is 16.5. The monoisotopic (exact) mass is 405 g/mol. The van der Waals surface area contributed by atoms with Crippen LogP contribution >= 0.6 is 11.8 Å². The van der Waals surface area contributed by atoms with Gasteiger partial charge in [-0.1, -0.05) is 35.9 Å². The van der Waals surface area contributed by atoms with Crippen LogP contribution in [0.4, 0.5) is 5.69 Å². The Morgan fingerprint density at radius 1 is 1.03 bits per heavy atom. The molecule has 0 aliphatic heterocycles. The van der Waals surface area contributed by atoms with Crippen LogP contribution in [-0.2, 0) is 11.3 Å². The lowest BCUT2D eigenvalue weighted by Gasteiger charge is -2.19. The molecule has 2 aromatic carbocycles. The predicted octanol–water partition coefficient (Wildman–Crippen LogP) is 4.39. The van der Waals surface area contributed by atoms with Gasteiger partial charge in [0.2, 0.25) is 5.91 Å². The van der Waals surface area contributed by atoms with Crippen LogP contribution in [0.5, 0.6) is 0 Å². The molecule has 3 aromatic rings. The summed E-state index contributed by atoms with van der Waals surface area (Å²) in [6.07, 6.45) is 3.46. The van der Waals surface area contributed by atoms with Crippen molar-refractivity contribution in [2.75, 3.05) is 18.1 Å². The highest BCUT2D eigenvalue weighted by molar-refractivity contribution is 8.00. The van der Waals surface area contributed by atoms with E-state index in [4.69, 9.17) is 0 Å². The molecule has 0 saturated heterocycles. The highest BCUT2D eigenvalue weighted by Crippen LogP contribution is 2.24. The SMILES string of the molecule is Cc1ccc(NC(=O)CSc2ccccc2C(=O)N(C)Cc2cccnc2)cc1. The maximum Gasteiger partial charge on any atom is 0.255 e. The van der Waals surface area contributed by atoms with Crippen LogP contribution in [0, 0.1) is 6.92 Å². The standard InChI is InChI=1S/C23H23N3O2S/c1-17-9-11-19(12-10-17)25-22(27)16-29-21-8-4-3-7-20(21)23(28)26(2)15-18-6-5-13-24-14-18/h3-14H,15-16H2,1-2H3,(H,25,27). The summed E-state index contributed by atoms with van der Waals surface area (Å²) in [5, 5.41) is 2.88. The molecule has 1 N–H and O–H groups in total. The summed E-state index contributed by atoms with van der Waals surface area (Å²) in [7, 11) is 1.76. The van der Waals surface area contributed by atoms with Gasteiger partial charge in [0.1, 0.15) is 0 Å². The summed E-state index contributed by atoms with van der Waals surface area (Å²) in [6, 6.07) is 18.8. The number of hydrogen-bond donors (Lipinski definition) is 1. The summed E-state index contributed by atoms with van der Waals surface area (Å²) < 4.78 is 0. The van der Waals surface area contributed by atoms with E-state index in [0.717, 1.165) is 21.7 Å². The summed E-state index contributed by atoms with van der Waals surface area (Å²) in [4.78, 5) is 31.8. The number of aryl methyl sites for hydroxylation is 1. The molecule has 29 heavy (non-hydrogen) atoms. The second kappa shape index (κ2) is 9.89. The van der Waals surface area contributed by atoms with Gasteiger partial charge in [-0.05, 0) is 42.8 Å². The van der Waals surface area contributed by atoms with Gasteiger partial charge in [-0.15, -0.1) is 11.8 Å². The maximum atomic E-state index is 12.9. The Labute approximate surface area is 175 Å². The molecule has 0 bridgehead atoms. The molecule has 0 spiro atoms. The van der Waals surface area contributed by atoms with E-state index in [2.05, 4.69) is 10.3 Å². The molecule has 148 valence electrons. The Morgan fingerprint density at radius 2 is 1.79 bits per heavy atom. The summed E-state index contributed by atoms with van der Waals surface area (Å²) in [6.45, 7) is 2.47. The summed E-state index contributed by atoms with van der Waals surface area (Å²) in [5.74, 6) is 0.0329. The third kappa shape index (κ3) is 5.93. The van der Waals surface area contributed by atoms with E-state index >= 15 is 0 Å². The van der Waals surface area contributed by atoms with Crippen LogP contribution in [-0.4, -0.2) is 34.5 Å². The fourth-order valence-corrected chi connectivity index (χ4v) is 3.63. The molecule has 6 heteroatoms. The van der Waals surface area contributed by atoms with E-state index in [1.807, 2.05) is 61.5 Å². The molecule has 0 unspecified atom stereocenters. The Bertz CT molecular complexity index is 975. The molecular weight excluding hydrogens is 382 g/mol. The van der Waals surface area contributed by atoms with E-state index in [1.165, 1.54) is 11.8 Å². The second-order valence-corrected chi connectivity index (χ2v) is 7.74. The van der Waals surface area contributed by atoms with E-state index in [9.17, 15) is 9.59 Å². The van der Waals surface area contributed by atoms with Crippen LogP contribution in [0.2, 0.25) is 0 Å². The third-order valence-corrected chi connectivity index (χ3v) is 5.37. The van der Waals surface area contributed by atoms with Gasteiger partial charge in [-0.2, -0.15) is 0 Å². The smallest absolute Gasteiger partial charge is 0.255 e. The van der Waals surface area contributed by atoms with Gasteiger partial charge in [0.25, 0.3) is 5.91 Å². The molecule has 3 rings (SSSR count). The molecule has 1 heterocycles. The molecular formula is C23H23N3O2S. The number of amides is 2. The molecule has 0 atom stereocenters. The van der Waals surface area contributed by atoms with Crippen LogP contribution < -0.4 is 5.32 Å². The van der Waals surface area contributed by atoms with Crippen LogP contribution in [0.15, 0.2) is 78.0 Å². The first kappa shape index (κ1) is 20.6. The Balaban J connectivity index is 1.62. The number of benzene rings is 2. The number of pyridine rings is 1. The lowest BCUT2D eigenvalue weighted by molar-refractivity contribution is -0.113. The van der Waals surface area contributed by atoms with E-state index in [0.29, 0.717) is 12.1 Å². The van der Waals surface area contributed by atoms with Gasteiger partial charge in [-0.3, -0.25) is 14.6 Å². The van der Waals surface area contributed by atoms with Gasteiger partial charge in [0.15, 0.2) is 0 Å². The van der Waals surface area contributed by atoms with Gasteiger partial charge in [0, 0.05) is 36.6 Å². The van der Waals surface area contributed by atoms with E-state index < -0.39 is 0 Å². The van der Waals surface area contributed by atoms with Crippen molar-refractivity contribution >= 4 is 29.3 Å². The summed E-state index contributed by atoms with van der Waals surface area (Å²) >= 11 is 1.36. The molecule has 0 radical (unpaired) electrons. The number of carbonyl (C=O) groups excluding carboxylic acids is 2. The number of aromatic nitrogens is 1. The minimum atomic E-state index is -0.107. The maximum absolute atomic E-state index is 12.9. The second-order valence-electron chi connectivity index (χ2n) is 6.72. The minimum absolute atomic E-state index is 0.0871. The van der Waals surface area contributed by atoms with Crippen molar-refractivity contribution < 1.29 is 9.59 Å². The van der Waals surface area contributed by atoms with Gasteiger partial charge in [0.05, 0.1) is 11.3 Å². The average Bonchev–Trinajstić information content (AvgIpc) is 2.74. The first-order valence-corrected chi connectivity index (χ1v) is 10.2. The van der Waals surface area contributed by atoms with Crippen LogP contribution in [0.3, 0.4) is 0 Å². The zero-order chi connectivity index (χ0) is 20.6. The predicted molar refractivity (Wildman–Crippen MR) is 117 cm³/mol. The Kier molecular flexibility index (Phi) is 7.03. The highest BCUT2D eigenvalue weighted by atomic mass is 32.2. The highest BCUT2D eigenvalue weighted by Gasteiger charge is 2.17. The number of nitrogens with zero attached hydrogens (tertiary/aromatic N) is 2. The molecule has 5 nitrogen and oxygen atoms in total. The van der Waals surface area contributed by atoms with E-state index in [-0.39, 0.29) is 17.6 Å². The summed E-state index contributed by atoms with van der Waals surface area (Å²) in [5.41, 5.74) is 3.46. The van der Waals surface area contributed by atoms with Gasteiger partial charge in [-0.25, -0.2) is 0 Å². The van der Waals surface area contributed by atoms with Crippen molar-refractivity contribution in [3.63, 3.8) is 0 Å². The number of carbonyl (C=O) groups is 2. The van der Waals surface area contributed by atoms with Crippen molar-refractivity contribution in [1.82, 2.24) is 9.88 Å². The van der Waals surface area contributed by atoms with Crippen molar-refractivity contribution in [2.45, 2.75) is 18.4 Å². The zero-order valence-corrected chi connectivity index (χ0v) is 17.3. The first-order valence-electron chi connectivity index (χ1n) is 9.25. The van der Waals surface area contributed by atoms with Crippen LogP contribution in [0.25, 0.3) is 0 Å². The normalized spacial score (nSPS) is 10.4.